The van der Waals surface area contributed by atoms with E-state index < -0.39 is 5.54 Å². The molecule has 1 fully saturated rings. The molecule has 1 aromatic carbocycles. The van der Waals surface area contributed by atoms with Gasteiger partial charge in [0.15, 0.2) is 0 Å². The van der Waals surface area contributed by atoms with Crippen LogP contribution in [0.25, 0.3) is 0 Å². The number of amides is 3. The van der Waals surface area contributed by atoms with Crippen LogP contribution in [0.3, 0.4) is 0 Å². The molecule has 1 heterocycles. The van der Waals surface area contributed by atoms with Gasteiger partial charge in [0.25, 0.3) is 11.1 Å². The molecule has 0 radical (unpaired) electrons. The molecule has 144 valence electrons. The second-order valence-corrected chi connectivity index (χ2v) is 7.98. The monoisotopic (exact) mass is 399 g/mol. The predicted molar refractivity (Wildman–Crippen MR) is 106 cm³/mol. The number of nitrogens with two attached hydrogens (primary N) is 1. The minimum atomic E-state index is -0.473. The maximum atomic E-state index is 12.6. The summed E-state index contributed by atoms with van der Waals surface area (Å²) in [5.41, 5.74) is 6.62. The van der Waals surface area contributed by atoms with E-state index in [-0.39, 0.29) is 41.8 Å². The Morgan fingerprint density at radius 3 is 2.62 bits per heavy atom. The topological polar surface area (TPSA) is 92.5 Å². The summed E-state index contributed by atoms with van der Waals surface area (Å²) in [5.74, 6) is 0.189. The summed E-state index contributed by atoms with van der Waals surface area (Å²) < 4.78 is 0. The van der Waals surface area contributed by atoms with E-state index in [4.69, 9.17) is 5.73 Å². The predicted octanol–water partition coefficient (Wildman–Crippen LogP) is 2.80. The van der Waals surface area contributed by atoms with Crippen molar-refractivity contribution in [2.75, 3.05) is 12.3 Å². The second kappa shape index (κ2) is 9.39. The molecule has 8 heteroatoms. The molecule has 26 heavy (non-hydrogen) atoms. The number of halogens is 1. The number of hydrogen-bond acceptors (Lipinski definition) is 5. The summed E-state index contributed by atoms with van der Waals surface area (Å²) in [5, 5.41) is 2.77. The van der Waals surface area contributed by atoms with Gasteiger partial charge in [-0.2, -0.15) is 0 Å². The zero-order chi connectivity index (χ0) is 18.6. The Balaban J connectivity index is 0.00000338. The van der Waals surface area contributed by atoms with Crippen LogP contribution in [-0.4, -0.2) is 39.8 Å². The van der Waals surface area contributed by atoms with Crippen molar-refractivity contribution in [1.29, 1.82) is 0 Å². The van der Waals surface area contributed by atoms with Crippen LogP contribution in [0.2, 0.25) is 0 Å². The van der Waals surface area contributed by atoms with Crippen LogP contribution in [0.5, 0.6) is 0 Å². The van der Waals surface area contributed by atoms with Crippen molar-refractivity contribution < 1.29 is 14.4 Å². The van der Waals surface area contributed by atoms with Gasteiger partial charge in [-0.25, -0.2) is 0 Å². The Kier molecular flexibility index (Phi) is 8.12. The maximum absolute atomic E-state index is 12.6. The van der Waals surface area contributed by atoms with Gasteiger partial charge in [-0.15, -0.1) is 12.4 Å². The fraction of sp³-hybridized carbons (Fsp3) is 0.500. The summed E-state index contributed by atoms with van der Waals surface area (Å²) >= 11 is 1.00. The molecule has 0 aromatic heterocycles. The smallest absolute Gasteiger partial charge is 0.289 e. The normalized spacial score (nSPS) is 16.4. The number of benzene rings is 1. The van der Waals surface area contributed by atoms with E-state index in [0.29, 0.717) is 18.0 Å². The van der Waals surface area contributed by atoms with Gasteiger partial charge in [-0.05, 0) is 37.0 Å². The number of carbonyl (C=O) groups excluding carboxylic acids is 3. The van der Waals surface area contributed by atoms with Gasteiger partial charge in [-0.3, -0.25) is 19.3 Å². The third kappa shape index (κ3) is 5.72. The summed E-state index contributed by atoms with van der Waals surface area (Å²) in [7, 11) is 0. The van der Waals surface area contributed by atoms with Crippen LogP contribution in [0.15, 0.2) is 24.3 Å². The number of rotatable bonds is 7. The van der Waals surface area contributed by atoms with Crippen LogP contribution < -0.4 is 11.1 Å². The Morgan fingerprint density at radius 1 is 1.38 bits per heavy atom. The summed E-state index contributed by atoms with van der Waals surface area (Å²) in [6, 6.07) is 6.99. The van der Waals surface area contributed by atoms with Crippen LogP contribution in [-0.2, 0) is 11.3 Å². The molecule has 0 spiro atoms. The Morgan fingerprint density at radius 2 is 2.08 bits per heavy atom. The van der Waals surface area contributed by atoms with Crippen molar-refractivity contribution in [2.45, 2.75) is 39.3 Å². The Labute approximate surface area is 164 Å². The minimum Gasteiger partial charge on any atom is -0.346 e. The highest BCUT2D eigenvalue weighted by molar-refractivity contribution is 8.14. The van der Waals surface area contributed by atoms with Crippen molar-refractivity contribution >= 4 is 41.2 Å². The summed E-state index contributed by atoms with van der Waals surface area (Å²) in [6.45, 7) is 6.65. The fourth-order valence-electron chi connectivity index (χ4n) is 2.96. The molecule has 1 aliphatic rings. The van der Waals surface area contributed by atoms with Gasteiger partial charge >= 0.3 is 0 Å². The van der Waals surface area contributed by atoms with E-state index in [0.717, 1.165) is 23.7 Å². The van der Waals surface area contributed by atoms with Crippen molar-refractivity contribution in [3.63, 3.8) is 0 Å². The molecule has 6 nitrogen and oxygen atoms in total. The first-order valence-electron chi connectivity index (χ1n) is 8.33. The lowest BCUT2D eigenvalue weighted by molar-refractivity contribution is -0.125. The Bertz CT molecular complexity index is 667. The lowest BCUT2D eigenvalue weighted by atomic mass is 9.90. The average molecular weight is 400 g/mol. The number of carbonyl (C=O) groups is 3. The number of hydrogen-bond donors (Lipinski definition) is 2. The van der Waals surface area contributed by atoms with E-state index in [2.05, 4.69) is 19.2 Å². The van der Waals surface area contributed by atoms with Gasteiger partial charge in [-0.1, -0.05) is 37.7 Å². The van der Waals surface area contributed by atoms with Crippen LogP contribution in [0, 0.1) is 5.92 Å². The first-order chi connectivity index (χ1) is 11.7. The molecule has 3 N–H and O–H groups in total. The largest absolute Gasteiger partial charge is 0.346 e. The molecule has 1 aromatic rings. The second-order valence-electron chi connectivity index (χ2n) is 7.05. The lowest BCUT2D eigenvalue weighted by Gasteiger charge is -2.31. The molecule has 0 saturated carbocycles. The first kappa shape index (κ1) is 22.5. The molecule has 1 saturated heterocycles. The fourth-order valence-corrected chi connectivity index (χ4v) is 3.69. The van der Waals surface area contributed by atoms with Gasteiger partial charge in [0.05, 0.1) is 12.3 Å². The maximum Gasteiger partial charge on any atom is 0.289 e. The molecular weight excluding hydrogens is 374 g/mol. The van der Waals surface area contributed by atoms with E-state index in [1.807, 2.05) is 6.92 Å². The standard InChI is InChI=1S/C18H25N3O3S.ClH/c1-12(2)8-18(3,11-19)20-16(23)14-6-4-5-13(7-14)9-21-15(22)10-25-17(21)24;/h4-7,12H,8-11,19H2,1-3H3,(H,20,23);1H. The van der Waals surface area contributed by atoms with Gasteiger partial charge in [0.1, 0.15) is 0 Å². The SMILES string of the molecule is CC(C)CC(C)(CN)NC(=O)c1cccc(CN2C(=O)CSC2=O)c1.Cl. The Hall–Kier alpha value is -1.57. The molecule has 1 unspecified atom stereocenters. The number of nitrogens with zero attached hydrogens (tertiary/aromatic N) is 1. The third-order valence-electron chi connectivity index (χ3n) is 4.10. The van der Waals surface area contributed by atoms with E-state index in [1.54, 1.807) is 24.3 Å². The van der Waals surface area contributed by atoms with E-state index >= 15 is 0 Å². The highest BCUT2D eigenvalue weighted by Crippen LogP contribution is 2.22. The first-order valence-corrected chi connectivity index (χ1v) is 9.31. The zero-order valence-electron chi connectivity index (χ0n) is 15.3. The van der Waals surface area contributed by atoms with Gasteiger partial charge < -0.3 is 11.1 Å². The van der Waals surface area contributed by atoms with Crippen molar-refractivity contribution in [3.05, 3.63) is 35.4 Å². The molecule has 0 bridgehead atoms. The highest BCUT2D eigenvalue weighted by atomic mass is 35.5. The van der Waals surface area contributed by atoms with Crippen molar-refractivity contribution in [1.82, 2.24) is 10.2 Å². The minimum absolute atomic E-state index is 0. The molecule has 0 aliphatic carbocycles. The van der Waals surface area contributed by atoms with E-state index in [1.165, 1.54) is 4.90 Å². The molecule has 3 amide bonds. The van der Waals surface area contributed by atoms with Crippen molar-refractivity contribution in [2.24, 2.45) is 11.7 Å². The average Bonchev–Trinajstić information content (AvgIpc) is 2.86. The summed E-state index contributed by atoms with van der Waals surface area (Å²) in [4.78, 5) is 37.3. The molecule has 1 aliphatic heterocycles. The van der Waals surface area contributed by atoms with Gasteiger partial charge in [0, 0.05) is 17.6 Å². The zero-order valence-corrected chi connectivity index (χ0v) is 16.9. The van der Waals surface area contributed by atoms with Crippen LogP contribution in [0.1, 0.15) is 43.1 Å². The van der Waals surface area contributed by atoms with Crippen LogP contribution in [0.4, 0.5) is 4.79 Å². The quantitative estimate of drug-likeness (QED) is 0.735. The molecule has 1 atom stereocenters. The highest BCUT2D eigenvalue weighted by Gasteiger charge is 2.30. The number of imide groups is 1. The lowest BCUT2D eigenvalue weighted by Crippen LogP contribution is -2.52. The molecular formula is C18H26ClN3O3S. The number of thioether (sulfide) groups is 1. The molecule has 2 rings (SSSR count). The van der Waals surface area contributed by atoms with Gasteiger partial charge in [0.2, 0.25) is 5.91 Å². The number of nitrogens with one attached hydrogen (secondary N) is 1. The summed E-state index contributed by atoms with van der Waals surface area (Å²) in [6.07, 6.45) is 0.781. The third-order valence-corrected chi connectivity index (χ3v) is 4.95. The van der Waals surface area contributed by atoms with Crippen LogP contribution >= 0.6 is 24.2 Å². The van der Waals surface area contributed by atoms with Crippen molar-refractivity contribution in [3.8, 4) is 0 Å². The van der Waals surface area contributed by atoms with E-state index in [9.17, 15) is 14.4 Å².